The summed E-state index contributed by atoms with van der Waals surface area (Å²) in [6.07, 6.45) is 5.12. The van der Waals surface area contributed by atoms with Crippen molar-refractivity contribution in [2.75, 3.05) is 13.7 Å². The molecule has 0 aliphatic heterocycles. The van der Waals surface area contributed by atoms with E-state index in [2.05, 4.69) is 23.5 Å². The maximum absolute atomic E-state index is 12.0. The molecule has 0 heterocycles. The summed E-state index contributed by atoms with van der Waals surface area (Å²) in [6, 6.07) is 8.09. The van der Waals surface area contributed by atoms with Crippen LogP contribution in [0.3, 0.4) is 0 Å². The van der Waals surface area contributed by atoms with Crippen molar-refractivity contribution in [1.29, 1.82) is 0 Å². The van der Waals surface area contributed by atoms with Crippen LogP contribution in [0, 0.1) is 5.92 Å². The molecular formula is C16H21NO2. The first kappa shape index (κ1) is 12.7. The second kappa shape index (κ2) is 5.33. The number of carbonyl (C=O) groups is 1. The second-order valence-electron chi connectivity index (χ2n) is 5.75. The van der Waals surface area contributed by atoms with Crippen LogP contribution < -0.4 is 5.32 Å². The average Bonchev–Trinajstić information content (AvgIpc) is 3.30. The lowest BCUT2D eigenvalue weighted by Gasteiger charge is -2.17. The number of ether oxygens (including phenoxy) is 1. The molecule has 1 aromatic carbocycles. The van der Waals surface area contributed by atoms with Crippen molar-refractivity contribution in [2.24, 2.45) is 5.92 Å². The number of rotatable bonds is 6. The lowest BCUT2D eigenvalue weighted by Crippen LogP contribution is -2.31. The number of benzene rings is 1. The lowest BCUT2D eigenvalue weighted by molar-refractivity contribution is -0.143. The van der Waals surface area contributed by atoms with E-state index >= 15 is 0 Å². The molecule has 3 rings (SSSR count). The Kier molecular flexibility index (Phi) is 3.56. The molecule has 1 atom stereocenters. The van der Waals surface area contributed by atoms with E-state index < -0.39 is 0 Å². The summed E-state index contributed by atoms with van der Waals surface area (Å²) < 4.78 is 4.93. The maximum Gasteiger partial charge on any atom is 0.327 e. The number of methoxy groups -OCH3 is 1. The van der Waals surface area contributed by atoms with E-state index in [-0.39, 0.29) is 12.0 Å². The average molecular weight is 259 g/mol. The molecule has 2 aliphatic carbocycles. The van der Waals surface area contributed by atoms with Gasteiger partial charge in [0.05, 0.1) is 7.11 Å². The monoisotopic (exact) mass is 259 g/mol. The SMILES string of the molecule is COC(=O)C(NCC1CC1)c1cccc(C2CC2)c1. The molecule has 0 aromatic heterocycles. The quantitative estimate of drug-likeness (QED) is 0.798. The Hall–Kier alpha value is -1.35. The highest BCUT2D eigenvalue weighted by atomic mass is 16.5. The minimum atomic E-state index is -0.315. The number of esters is 1. The van der Waals surface area contributed by atoms with E-state index in [4.69, 9.17) is 4.74 Å². The summed E-state index contributed by atoms with van der Waals surface area (Å²) in [7, 11) is 1.46. The van der Waals surface area contributed by atoms with Gasteiger partial charge in [-0.1, -0.05) is 24.3 Å². The first-order chi connectivity index (χ1) is 9.28. The fourth-order valence-electron chi connectivity index (χ4n) is 2.47. The molecule has 1 N–H and O–H groups in total. The van der Waals surface area contributed by atoms with Crippen LogP contribution in [0.5, 0.6) is 0 Å². The highest BCUT2D eigenvalue weighted by Crippen LogP contribution is 2.40. The molecule has 0 radical (unpaired) electrons. The van der Waals surface area contributed by atoms with Crippen LogP contribution in [0.2, 0.25) is 0 Å². The molecule has 1 aromatic rings. The zero-order chi connectivity index (χ0) is 13.2. The van der Waals surface area contributed by atoms with Crippen molar-refractivity contribution in [1.82, 2.24) is 5.32 Å². The summed E-state index contributed by atoms with van der Waals surface area (Å²) in [4.78, 5) is 12.0. The van der Waals surface area contributed by atoms with Gasteiger partial charge >= 0.3 is 5.97 Å². The Morgan fingerprint density at radius 3 is 2.79 bits per heavy atom. The standard InChI is InChI=1S/C16H21NO2/c1-19-16(18)15(17-10-11-5-6-11)14-4-2-3-13(9-14)12-7-8-12/h2-4,9,11-12,15,17H,5-8,10H2,1H3. The molecule has 0 saturated heterocycles. The van der Waals surface area contributed by atoms with Crippen LogP contribution in [-0.2, 0) is 9.53 Å². The number of hydrogen-bond donors (Lipinski definition) is 1. The van der Waals surface area contributed by atoms with E-state index in [1.807, 2.05) is 6.07 Å². The Morgan fingerprint density at radius 2 is 2.16 bits per heavy atom. The van der Waals surface area contributed by atoms with E-state index in [1.54, 1.807) is 0 Å². The first-order valence-electron chi connectivity index (χ1n) is 7.19. The van der Waals surface area contributed by atoms with Crippen molar-refractivity contribution in [2.45, 2.75) is 37.6 Å². The Bertz CT molecular complexity index is 464. The van der Waals surface area contributed by atoms with Crippen molar-refractivity contribution in [3.05, 3.63) is 35.4 Å². The van der Waals surface area contributed by atoms with Crippen LogP contribution in [-0.4, -0.2) is 19.6 Å². The maximum atomic E-state index is 12.0. The van der Waals surface area contributed by atoms with Gasteiger partial charge in [0.2, 0.25) is 0 Å². The fourth-order valence-corrected chi connectivity index (χ4v) is 2.47. The van der Waals surface area contributed by atoms with Crippen LogP contribution in [0.25, 0.3) is 0 Å². The molecule has 1 unspecified atom stereocenters. The van der Waals surface area contributed by atoms with Gasteiger partial charge in [0.15, 0.2) is 0 Å². The van der Waals surface area contributed by atoms with Crippen molar-refractivity contribution < 1.29 is 9.53 Å². The fraction of sp³-hybridized carbons (Fsp3) is 0.562. The summed E-state index contributed by atoms with van der Waals surface area (Å²) >= 11 is 0. The van der Waals surface area contributed by atoms with E-state index in [9.17, 15) is 4.79 Å². The van der Waals surface area contributed by atoms with Crippen LogP contribution in [0.15, 0.2) is 24.3 Å². The van der Waals surface area contributed by atoms with Crippen molar-refractivity contribution in [3.63, 3.8) is 0 Å². The predicted octanol–water partition coefficient (Wildman–Crippen LogP) is 2.78. The molecule has 102 valence electrons. The third-order valence-electron chi connectivity index (χ3n) is 4.04. The highest BCUT2D eigenvalue weighted by Gasteiger charge is 2.28. The number of nitrogens with one attached hydrogen (secondary N) is 1. The largest absolute Gasteiger partial charge is 0.468 e. The topological polar surface area (TPSA) is 38.3 Å². The van der Waals surface area contributed by atoms with Crippen molar-refractivity contribution in [3.8, 4) is 0 Å². The predicted molar refractivity (Wildman–Crippen MR) is 73.9 cm³/mol. The van der Waals surface area contributed by atoms with Crippen LogP contribution >= 0.6 is 0 Å². The first-order valence-corrected chi connectivity index (χ1v) is 7.19. The van der Waals surface area contributed by atoms with Gasteiger partial charge in [-0.2, -0.15) is 0 Å². The van der Waals surface area contributed by atoms with Gasteiger partial charge in [0.25, 0.3) is 0 Å². The van der Waals surface area contributed by atoms with Gasteiger partial charge in [0.1, 0.15) is 6.04 Å². The molecule has 3 heteroatoms. The van der Waals surface area contributed by atoms with Gasteiger partial charge in [-0.05, 0) is 55.2 Å². The van der Waals surface area contributed by atoms with Crippen molar-refractivity contribution >= 4 is 5.97 Å². The third kappa shape index (κ3) is 3.16. The number of carbonyl (C=O) groups excluding carboxylic acids is 1. The Labute approximate surface area is 114 Å². The van der Waals surface area contributed by atoms with Gasteiger partial charge in [-0.25, -0.2) is 4.79 Å². The summed E-state index contributed by atoms with van der Waals surface area (Å²) in [5.74, 6) is 1.27. The third-order valence-corrected chi connectivity index (χ3v) is 4.04. The molecule has 2 saturated carbocycles. The van der Waals surface area contributed by atoms with Gasteiger partial charge in [-0.15, -0.1) is 0 Å². The molecule has 2 aliphatic rings. The van der Waals surface area contributed by atoms with Crippen LogP contribution in [0.1, 0.15) is 48.8 Å². The molecular weight excluding hydrogens is 238 g/mol. The minimum Gasteiger partial charge on any atom is -0.468 e. The molecule has 0 amide bonds. The normalized spacial score (nSPS) is 20.1. The zero-order valence-electron chi connectivity index (χ0n) is 11.4. The van der Waals surface area contributed by atoms with Gasteiger partial charge in [0, 0.05) is 0 Å². The zero-order valence-corrected chi connectivity index (χ0v) is 11.4. The van der Waals surface area contributed by atoms with Crippen LogP contribution in [0.4, 0.5) is 0 Å². The second-order valence-corrected chi connectivity index (χ2v) is 5.75. The highest BCUT2D eigenvalue weighted by molar-refractivity contribution is 5.77. The van der Waals surface area contributed by atoms with Gasteiger partial charge < -0.3 is 10.1 Å². The Morgan fingerprint density at radius 1 is 1.37 bits per heavy atom. The van der Waals surface area contributed by atoms with E-state index in [0.29, 0.717) is 5.92 Å². The van der Waals surface area contributed by atoms with E-state index in [0.717, 1.165) is 18.0 Å². The smallest absolute Gasteiger partial charge is 0.327 e. The molecule has 0 bridgehead atoms. The molecule has 0 spiro atoms. The summed E-state index contributed by atoms with van der Waals surface area (Å²) in [5.41, 5.74) is 2.40. The lowest BCUT2D eigenvalue weighted by atomic mass is 10.0. The molecule has 19 heavy (non-hydrogen) atoms. The molecule has 2 fully saturated rings. The number of hydrogen-bond acceptors (Lipinski definition) is 3. The van der Waals surface area contributed by atoms with Gasteiger partial charge in [-0.3, -0.25) is 0 Å². The molecule has 3 nitrogen and oxygen atoms in total. The summed E-state index contributed by atoms with van der Waals surface area (Å²) in [5, 5.41) is 3.36. The Balaban J connectivity index is 1.75. The summed E-state index contributed by atoms with van der Waals surface area (Å²) in [6.45, 7) is 0.910. The minimum absolute atomic E-state index is 0.186. The van der Waals surface area contributed by atoms with E-state index in [1.165, 1.54) is 38.4 Å².